The van der Waals surface area contributed by atoms with Gasteiger partial charge in [-0.05, 0) is 36.8 Å². The van der Waals surface area contributed by atoms with Gasteiger partial charge >= 0.3 is 0 Å². The molecule has 1 N–H and O–H groups in total. The summed E-state index contributed by atoms with van der Waals surface area (Å²) in [5.74, 6) is 0. The van der Waals surface area contributed by atoms with Crippen molar-refractivity contribution in [2.24, 2.45) is 0 Å². The summed E-state index contributed by atoms with van der Waals surface area (Å²) in [5.41, 5.74) is 5.20. The number of H-pyrrole nitrogens is 1. The predicted molar refractivity (Wildman–Crippen MR) is 109 cm³/mol. The second-order valence-corrected chi connectivity index (χ2v) is 5.43. The average molecular weight is 334 g/mol. The number of benzene rings is 1. The Hall–Kier alpha value is -1.28. The number of aromatic amines is 1. The Morgan fingerprint density at radius 2 is 1.50 bits per heavy atom. The maximum absolute atomic E-state index is 5.94. The molecule has 0 atom stereocenters. The Bertz CT molecular complexity index is 571. The Morgan fingerprint density at radius 1 is 0.917 bits per heavy atom. The highest BCUT2D eigenvalue weighted by Crippen LogP contribution is 2.38. The second-order valence-electron chi connectivity index (χ2n) is 5.43. The third-order valence-corrected chi connectivity index (χ3v) is 4.75. The van der Waals surface area contributed by atoms with Crippen LogP contribution in [0.25, 0.3) is 10.9 Å². The summed E-state index contributed by atoms with van der Waals surface area (Å²) in [5, 5.41) is 1.37. The molecule has 0 amide bonds. The number of methoxy groups -OCH3 is 1. The van der Waals surface area contributed by atoms with Gasteiger partial charge in [0.05, 0.1) is 5.69 Å². The summed E-state index contributed by atoms with van der Waals surface area (Å²) in [4.78, 5) is 3.70. The fourth-order valence-corrected chi connectivity index (χ4v) is 3.38. The number of hydrogen-bond acceptors (Lipinski definition) is 1. The van der Waals surface area contributed by atoms with E-state index in [1.807, 2.05) is 34.8 Å². The van der Waals surface area contributed by atoms with Gasteiger partial charge in [0.1, 0.15) is 5.60 Å². The highest BCUT2D eigenvalue weighted by molar-refractivity contribution is 5.87. The summed E-state index contributed by atoms with van der Waals surface area (Å²) >= 11 is 0. The molecule has 0 bridgehead atoms. The number of para-hydroxylation sites is 1. The van der Waals surface area contributed by atoms with Gasteiger partial charge in [0.25, 0.3) is 0 Å². The first-order valence-electron chi connectivity index (χ1n) is 9.85. The highest BCUT2D eigenvalue weighted by Gasteiger charge is 2.32. The molecule has 2 heteroatoms. The third-order valence-electron chi connectivity index (χ3n) is 4.75. The molecular weight excluding hydrogens is 294 g/mol. The lowest BCUT2D eigenvalue weighted by Crippen LogP contribution is -2.28. The summed E-state index contributed by atoms with van der Waals surface area (Å²) in [6.45, 7) is 16.9. The van der Waals surface area contributed by atoms with Crippen molar-refractivity contribution in [1.82, 2.24) is 4.98 Å². The molecule has 0 aliphatic carbocycles. The Labute approximate surface area is 150 Å². The molecule has 0 fully saturated rings. The van der Waals surface area contributed by atoms with E-state index in [1.165, 1.54) is 27.7 Å². The molecule has 138 valence electrons. The fourth-order valence-electron chi connectivity index (χ4n) is 3.38. The Balaban J connectivity index is 0.00000123. The first kappa shape index (κ1) is 22.7. The summed E-state index contributed by atoms with van der Waals surface area (Å²) < 4.78 is 5.94. The van der Waals surface area contributed by atoms with E-state index in [9.17, 15) is 0 Å². The topological polar surface area (TPSA) is 25.0 Å². The van der Waals surface area contributed by atoms with Crippen LogP contribution in [-0.4, -0.2) is 12.1 Å². The van der Waals surface area contributed by atoms with Gasteiger partial charge < -0.3 is 9.72 Å². The van der Waals surface area contributed by atoms with E-state index >= 15 is 0 Å². The molecule has 2 rings (SSSR count). The smallest absolute Gasteiger partial charge is 0.107 e. The lowest BCUT2D eigenvalue weighted by Gasteiger charge is -2.30. The fraction of sp³-hybridized carbons (Fsp3) is 0.636. The van der Waals surface area contributed by atoms with Gasteiger partial charge in [-0.3, -0.25) is 0 Å². The maximum Gasteiger partial charge on any atom is 0.107 e. The zero-order valence-electron chi connectivity index (χ0n) is 17.5. The average Bonchev–Trinajstić information content (AvgIpc) is 3.06. The first-order chi connectivity index (χ1) is 11.7. The van der Waals surface area contributed by atoms with Crippen LogP contribution in [0.15, 0.2) is 18.2 Å². The van der Waals surface area contributed by atoms with Crippen LogP contribution in [0.3, 0.4) is 0 Å². The SMILES string of the molecule is CC.CC.CCc1c(C(CC)(CC)OC)[nH]c2c(CC)cccc12. The molecule has 0 saturated carbocycles. The quantitative estimate of drug-likeness (QED) is 0.604. The van der Waals surface area contributed by atoms with Gasteiger partial charge in [0.2, 0.25) is 0 Å². The van der Waals surface area contributed by atoms with Crippen LogP contribution in [0.1, 0.15) is 85.1 Å². The van der Waals surface area contributed by atoms with Crippen molar-refractivity contribution in [1.29, 1.82) is 0 Å². The van der Waals surface area contributed by atoms with Crippen molar-refractivity contribution in [2.75, 3.05) is 7.11 Å². The van der Waals surface area contributed by atoms with Crippen molar-refractivity contribution in [2.45, 2.75) is 86.7 Å². The molecule has 0 saturated heterocycles. The van der Waals surface area contributed by atoms with Crippen LogP contribution in [0, 0.1) is 0 Å². The minimum absolute atomic E-state index is 0.185. The standard InChI is InChI=1S/C18H27NO.2C2H6/c1-6-13-11-10-12-15-14(7-2)17(19-16(13)15)18(8-3,9-4)20-5;2*1-2/h10-12,19H,6-9H2,1-5H3;2*1-2H3. The van der Waals surface area contributed by atoms with E-state index in [0.717, 1.165) is 25.7 Å². The van der Waals surface area contributed by atoms with Gasteiger partial charge in [-0.1, -0.05) is 73.6 Å². The van der Waals surface area contributed by atoms with Gasteiger partial charge in [-0.25, -0.2) is 0 Å². The molecular formula is C22H39NO. The van der Waals surface area contributed by atoms with Crippen molar-refractivity contribution in [3.63, 3.8) is 0 Å². The van der Waals surface area contributed by atoms with Crippen molar-refractivity contribution < 1.29 is 4.74 Å². The lowest BCUT2D eigenvalue weighted by atomic mass is 9.89. The molecule has 1 heterocycles. The molecule has 0 unspecified atom stereocenters. The lowest BCUT2D eigenvalue weighted by molar-refractivity contribution is -0.0253. The van der Waals surface area contributed by atoms with Crippen molar-refractivity contribution >= 4 is 10.9 Å². The van der Waals surface area contributed by atoms with Gasteiger partial charge in [-0.2, -0.15) is 0 Å². The monoisotopic (exact) mass is 333 g/mol. The molecule has 24 heavy (non-hydrogen) atoms. The molecule has 2 aromatic rings. The minimum atomic E-state index is -0.185. The number of nitrogens with one attached hydrogen (secondary N) is 1. The van der Waals surface area contributed by atoms with E-state index in [4.69, 9.17) is 4.74 Å². The number of rotatable bonds is 6. The first-order valence-corrected chi connectivity index (χ1v) is 9.85. The number of fused-ring (bicyclic) bond motifs is 1. The molecule has 1 aromatic heterocycles. The number of ether oxygens (including phenoxy) is 1. The normalized spacial score (nSPS) is 10.7. The van der Waals surface area contributed by atoms with Crippen LogP contribution in [-0.2, 0) is 23.2 Å². The predicted octanol–water partition coefficient (Wildman–Crippen LogP) is 7.01. The van der Waals surface area contributed by atoms with Crippen molar-refractivity contribution in [3.8, 4) is 0 Å². The van der Waals surface area contributed by atoms with Crippen LogP contribution in [0.2, 0.25) is 0 Å². The number of aryl methyl sites for hydroxylation is 2. The van der Waals surface area contributed by atoms with Gasteiger partial charge in [0, 0.05) is 18.0 Å². The van der Waals surface area contributed by atoms with Crippen LogP contribution in [0.5, 0.6) is 0 Å². The molecule has 2 nitrogen and oxygen atoms in total. The molecule has 1 aromatic carbocycles. The van der Waals surface area contributed by atoms with E-state index in [0.29, 0.717) is 0 Å². The maximum atomic E-state index is 5.94. The van der Waals surface area contributed by atoms with Gasteiger partial charge in [0.15, 0.2) is 0 Å². The van der Waals surface area contributed by atoms with E-state index in [1.54, 1.807) is 0 Å². The summed E-state index contributed by atoms with van der Waals surface area (Å²) in [6.07, 6.45) is 4.06. The van der Waals surface area contributed by atoms with Crippen LogP contribution in [0.4, 0.5) is 0 Å². The Morgan fingerprint density at radius 3 is 1.92 bits per heavy atom. The Kier molecular flexibility index (Phi) is 10.7. The summed E-state index contributed by atoms with van der Waals surface area (Å²) in [6, 6.07) is 6.62. The van der Waals surface area contributed by atoms with E-state index in [-0.39, 0.29) is 5.60 Å². The van der Waals surface area contributed by atoms with Gasteiger partial charge in [-0.15, -0.1) is 0 Å². The third kappa shape index (κ3) is 4.22. The second kappa shape index (κ2) is 11.3. The van der Waals surface area contributed by atoms with E-state index in [2.05, 4.69) is 50.9 Å². The number of aromatic nitrogens is 1. The molecule has 0 radical (unpaired) electrons. The van der Waals surface area contributed by atoms with E-state index < -0.39 is 0 Å². The molecule has 0 spiro atoms. The largest absolute Gasteiger partial charge is 0.372 e. The molecule has 0 aliphatic rings. The van der Waals surface area contributed by atoms with Crippen LogP contribution < -0.4 is 0 Å². The molecule has 0 aliphatic heterocycles. The van der Waals surface area contributed by atoms with Crippen LogP contribution >= 0.6 is 0 Å². The zero-order chi connectivity index (χ0) is 18.8. The summed E-state index contributed by atoms with van der Waals surface area (Å²) in [7, 11) is 1.83. The zero-order valence-corrected chi connectivity index (χ0v) is 17.5. The highest BCUT2D eigenvalue weighted by atomic mass is 16.5. The number of hydrogen-bond donors (Lipinski definition) is 1. The van der Waals surface area contributed by atoms with Crippen molar-refractivity contribution in [3.05, 3.63) is 35.0 Å². The minimum Gasteiger partial charge on any atom is -0.372 e.